The van der Waals surface area contributed by atoms with Crippen LogP contribution in [0.3, 0.4) is 0 Å². The molecule has 3 rings (SSSR count). The number of rotatable bonds is 7. The molecule has 0 aliphatic rings. The fourth-order valence-corrected chi connectivity index (χ4v) is 3.99. The quantitative estimate of drug-likeness (QED) is 0.440. The number of hydrogen-bond acceptors (Lipinski definition) is 5. The number of halogens is 3. The van der Waals surface area contributed by atoms with Gasteiger partial charge in [0, 0.05) is 11.5 Å². The predicted octanol–water partition coefficient (Wildman–Crippen LogP) is 4.59. The number of amides is 2. The molecule has 3 aromatic rings. The third kappa shape index (κ3) is 5.84. The fraction of sp³-hybridized carbons (Fsp3) is 0.200. The summed E-state index contributed by atoms with van der Waals surface area (Å²) in [5.74, 6) is -0.706. The minimum absolute atomic E-state index is 0.0157. The Bertz CT molecular complexity index is 1130. The molecule has 2 aromatic carbocycles. The number of benzene rings is 2. The van der Waals surface area contributed by atoms with E-state index in [0.29, 0.717) is 26.0 Å². The maximum atomic E-state index is 13.9. The van der Waals surface area contributed by atoms with Gasteiger partial charge in [-0.15, -0.1) is 10.2 Å². The molecule has 31 heavy (non-hydrogen) atoms. The normalized spacial score (nSPS) is 11.8. The number of anilines is 1. The second-order valence-electron chi connectivity index (χ2n) is 6.54. The van der Waals surface area contributed by atoms with Crippen LogP contribution in [0, 0.1) is 5.82 Å². The molecule has 11 heteroatoms. The molecule has 0 fully saturated rings. The lowest BCUT2D eigenvalue weighted by molar-refractivity contribution is -0.113. The van der Waals surface area contributed by atoms with Crippen molar-refractivity contribution in [3.63, 3.8) is 0 Å². The van der Waals surface area contributed by atoms with Crippen molar-refractivity contribution >= 4 is 56.8 Å². The lowest BCUT2D eigenvalue weighted by atomic mass is 10.2. The molecular formula is C20H18BrClFN5O2S. The minimum Gasteiger partial charge on any atom is -0.342 e. The molecule has 1 aromatic heterocycles. The van der Waals surface area contributed by atoms with Crippen LogP contribution < -0.4 is 10.6 Å². The molecule has 162 valence electrons. The summed E-state index contributed by atoms with van der Waals surface area (Å²) >= 11 is 10.4. The topological polar surface area (TPSA) is 88.9 Å². The number of carbonyl (C=O) groups is 2. The summed E-state index contributed by atoms with van der Waals surface area (Å²) < 4.78 is 16.1. The van der Waals surface area contributed by atoms with Gasteiger partial charge in [0.2, 0.25) is 5.91 Å². The molecule has 0 aliphatic heterocycles. The molecule has 0 bridgehead atoms. The number of aromatic nitrogens is 3. The first kappa shape index (κ1) is 23.2. The molecule has 0 unspecified atom stereocenters. The summed E-state index contributed by atoms with van der Waals surface area (Å²) in [4.78, 5) is 24.6. The molecule has 7 nitrogen and oxygen atoms in total. The Labute approximate surface area is 195 Å². The van der Waals surface area contributed by atoms with E-state index in [4.69, 9.17) is 11.6 Å². The van der Waals surface area contributed by atoms with Crippen LogP contribution in [0.2, 0.25) is 5.02 Å². The average molecular weight is 527 g/mol. The summed E-state index contributed by atoms with van der Waals surface area (Å²) in [5.41, 5.74) is 0.466. The Morgan fingerprint density at radius 2 is 2.00 bits per heavy atom. The van der Waals surface area contributed by atoms with E-state index < -0.39 is 11.9 Å². The summed E-state index contributed by atoms with van der Waals surface area (Å²) in [5, 5.41) is 14.4. The molecule has 1 atom stereocenters. The largest absolute Gasteiger partial charge is 0.342 e. The second-order valence-corrected chi connectivity index (χ2v) is 8.80. The molecule has 0 spiro atoms. The number of hydrogen-bond donors (Lipinski definition) is 2. The zero-order chi connectivity index (χ0) is 22.5. The molecule has 1 heterocycles. The molecule has 2 N–H and O–H groups in total. The van der Waals surface area contributed by atoms with Crippen LogP contribution in [0.4, 0.5) is 10.1 Å². The second kappa shape index (κ2) is 10.3. The molecule has 2 amide bonds. The van der Waals surface area contributed by atoms with Crippen LogP contribution in [0.25, 0.3) is 0 Å². The number of nitrogens with zero attached hydrogens (tertiary/aromatic N) is 3. The number of nitrogens with one attached hydrogen (secondary N) is 2. The maximum absolute atomic E-state index is 13.9. The monoisotopic (exact) mass is 525 g/mol. The molecule has 0 saturated heterocycles. The SMILES string of the molecule is C[C@@H](NC(=O)c1ccccc1Cl)c1nnc(SCC(=O)Nc2ccc(Br)cc2F)n1C. The van der Waals surface area contributed by atoms with Crippen LogP contribution in [0.1, 0.15) is 29.1 Å². The van der Waals surface area contributed by atoms with Crippen molar-refractivity contribution in [3.8, 4) is 0 Å². The first-order valence-corrected chi connectivity index (χ1v) is 11.2. The molecular weight excluding hydrogens is 509 g/mol. The van der Waals surface area contributed by atoms with Gasteiger partial charge in [-0.25, -0.2) is 4.39 Å². The Hall–Kier alpha value is -2.43. The Morgan fingerprint density at radius 3 is 2.71 bits per heavy atom. The zero-order valence-corrected chi connectivity index (χ0v) is 19.7. The van der Waals surface area contributed by atoms with Crippen molar-refractivity contribution < 1.29 is 14.0 Å². The standard InChI is InChI=1S/C20H18BrClFN5O2S/c1-11(24-19(30)13-5-3-4-6-14(13)22)18-26-27-20(28(18)2)31-10-17(29)25-16-8-7-12(21)9-15(16)23/h3-9,11H,10H2,1-2H3,(H,24,30)(H,25,29)/t11-/m1/s1. The average Bonchev–Trinajstić information content (AvgIpc) is 3.09. The predicted molar refractivity (Wildman–Crippen MR) is 122 cm³/mol. The maximum Gasteiger partial charge on any atom is 0.253 e. The van der Waals surface area contributed by atoms with Gasteiger partial charge >= 0.3 is 0 Å². The van der Waals surface area contributed by atoms with E-state index in [2.05, 4.69) is 36.8 Å². The van der Waals surface area contributed by atoms with Gasteiger partial charge in [-0.05, 0) is 37.3 Å². The summed E-state index contributed by atoms with van der Waals surface area (Å²) in [6, 6.07) is 10.7. The van der Waals surface area contributed by atoms with Crippen LogP contribution in [0.15, 0.2) is 52.1 Å². The highest BCUT2D eigenvalue weighted by Crippen LogP contribution is 2.22. The fourth-order valence-electron chi connectivity index (χ4n) is 2.72. The van der Waals surface area contributed by atoms with Gasteiger partial charge in [0.05, 0.1) is 28.1 Å². The van der Waals surface area contributed by atoms with Crippen LogP contribution in [0.5, 0.6) is 0 Å². The van der Waals surface area contributed by atoms with Crippen molar-refractivity contribution in [3.05, 3.63) is 69.2 Å². The zero-order valence-electron chi connectivity index (χ0n) is 16.5. The summed E-state index contributed by atoms with van der Waals surface area (Å²) in [6.07, 6.45) is 0. The van der Waals surface area contributed by atoms with Crippen molar-refractivity contribution in [2.45, 2.75) is 18.1 Å². The minimum atomic E-state index is -0.531. The van der Waals surface area contributed by atoms with Gasteiger partial charge in [0.1, 0.15) is 5.82 Å². The van der Waals surface area contributed by atoms with E-state index >= 15 is 0 Å². The first-order chi connectivity index (χ1) is 14.8. The van der Waals surface area contributed by atoms with Gasteiger partial charge in [0.25, 0.3) is 5.91 Å². The smallest absolute Gasteiger partial charge is 0.253 e. The number of thioether (sulfide) groups is 1. The van der Waals surface area contributed by atoms with E-state index in [1.807, 2.05) is 0 Å². The third-order valence-electron chi connectivity index (χ3n) is 4.26. The summed E-state index contributed by atoms with van der Waals surface area (Å²) in [6.45, 7) is 1.77. The van der Waals surface area contributed by atoms with Gasteiger partial charge in [-0.2, -0.15) is 0 Å². The lowest BCUT2D eigenvalue weighted by Crippen LogP contribution is -2.28. The van der Waals surface area contributed by atoms with E-state index in [-0.39, 0.29) is 23.3 Å². The van der Waals surface area contributed by atoms with Gasteiger partial charge in [-0.1, -0.05) is 51.4 Å². The lowest BCUT2D eigenvalue weighted by Gasteiger charge is -2.14. The third-order valence-corrected chi connectivity index (χ3v) is 6.10. The highest BCUT2D eigenvalue weighted by Gasteiger charge is 2.20. The molecule has 0 saturated carbocycles. The van der Waals surface area contributed by atoms with Crippen LogP contribution in [-0.2, 0) is 11.8 Å². The van der Waals surface area contributed by atoms with E-state index in [9.17, 15) is 14.0 Å². The van der Waals surface area contributed by atoms with Crippen molar-refractivity contribution in [2.24, 2.45) is 7.05 Å². The molecule has 0 radical (unpaired) electrons. The van der Waals surface area contributed by atoms with E-state index in [1.54, 1.807) is 48.9 Å². The Morgan fingerprint density at radius 1 is 1.26 bits per heavy atom. The van der Waals surface area contributed by atoms with Gasteiger partial charge < -0.3 is 15.2 Å². The van der Waals surface area contributed by atoms with Crippen LogP contribution >= 0.6 is 39.3 Å². The van der Waals surface area contributed by atoms with E-state index in [0.717, 1.165) is 11.8 Å². The highest BCUT2D eigenvalue weighted by molar-refractivity contribution is 9.10. The van der Waals surface area contributed by atoms with Gasteiger partial charge in [0.15, 0.2) is 11.0 Å². The highest BCUT2D eigenvalue weighted by atomic mass is 79.9. The van der Waals surface area contributed by atoms with Crippen molar-refractivity contribution in [1.82, 2.24) is 20.1 Å². The van der Waals surface area contributed by atoms with Crippen molar-refractivity contribution in [1.29, 1.82) is 0 Å². The Kier molecular flexibility index (Phi) is 7.69. The summed E-state index contributed by atoms with van der Waals surface area (Å²) in [7, 11) is 1.74. The first-order valence-electron chi connectivity index (χ1n) is 9.08. The van der Waals surface area contributed by atoms with Gasteiger partial charge in [-0.3, -0.25) is 9.59 Å². The van der Waals surface area contributed by atoms with Crippen molar-refractivity contribution in [2.75, 3.05) is 11.1 Å². The van der Waals surface area contributed by atoms with E-state index in [1.165, 1.54) is 12.1 Å². The van der Waals surface area contributed by atoms with Crippen LogP contribution in [-0.4, -0.2) is 32.3 Å². The number of carbonyl (C=O) groups excluding carboxylic acids is 2. The Balaban J connectivity index is 1.59. The molecule has 0 aliphatic carbocycles.